The summed E-state index contributed by atoms with van der Waals surface area (Å²) in [6, 6.07) is 7.97. The van der Waals surface area contributed by atoms with Crippen LogP contribution in [0.2, 0.25) is 0 Å². The van der Waals surface area contributed by atoms with Gasteiger partial charge < -0.3 is 10.6 Å². The number of carbonyl (C=O) groups is 2. The molecule has 4 heteroatoms. The van der Waals surface area contributed by atoms with Crippen molar-refractivity contribution in [3.8, 4) is 0 Å². The van der Waals surface area contributed by atoms with Gasteiger partial charge in [-0.1, -0.05) is 44.0 Å². The maximum Gasteiger partial charge on any atom is 0.309 e. The van der Waals surface area contributed by atoms with Crippen LogP contribution in [0.3, 0.4) is 0 Å². The molecule has 2 atom stereocenters. The summed E-state index contributed by atoms with van der Waals surface area (Å²) < 4.78 is 0. The molecule has 0 aromatic heterocycles. The molecule has 0 heterocycles. The highest BCUT2D eigenvalue weighted by molar-refractivity contribution is 6.35. The van der Waals surface area contributed by atoms with Gasteiger partial charge in [0.25, 0.3) is 0 Å². The average Bonchev–Trinajstić information content (AvgIpc) is 2.48. The molecule has 0 saturated heterocycles. The van der Waals surface area contributed by atoms with Gasteiger partial charge in [-0.05, 0) is 36.8 Å². The highest BCUT2D eigenvalue weighted by Gasteiger charge is 2.25. The van der Waals surface area contributed by atoms with Gasteiger partial charge in [-0.15, -0.1) is 0 Å². The number of hydrogen-bond acceptors (Lipinski definition) is 2. The smallest absolute Gasteiger partial charge is 0.309 e. The lowest BCUT2D eigenvalue weighted by Gasteiger charge is -2.29. The summed E-state index contributed by atoms with van der Waals surface area (Å²) in [5.41, 5.74) is 2.14. The number of nitrogens with one attached hydrogen (secondary N) is 2. The molecule has 0 radical (unpaired) electrons. The van der Waals surface area contributed by atoms with E-state index in [4.69, 9.17) is 0 Å². The quantitative estimate of drug-likeness (QED) is 0.839. The fourth-order valence-corrected chi connectivity index (χ4v) is 2.83. The summed E-state index contributed by atoms with van der Waals surface area (Å²) in [6.07, 6.45) is 4.43. The Hall–Kier alpha value is -1.84. The number of rotatable bonds is 3. The maximum atomic E-state index is 11.9. The SMILES string of the molecule is Cc1ccccc1CNC(=O)C(=O)N[C@H]1CCCC[C@H]1C. The summed E-state index contributed by atoms with van der Waals surface area (Å²) in [5.74, 6) is -0.606. The second kappa shape index (κ2) is 7.25. The lowest BCUT2D eigenvalue weighted by Crippen LogP contribution is -2.47. The topological polar surface area (TPSA) is 58.2 Å². The first-order valence-electron chi connectivity index (χ1n) is 7.71. The predicted octanol–water partition coefficient (Wildman–Crippen LogP) is 2.31. The van der Waals surface area contributed by atoms with Gasteiger partial charge in [0.2, 0.25) is 0 Å². The first-order valence-corrected chi connectivity index (χ1v) is 7.71. The van der Waals surface area contributed by atoms with Gasteiger partial charge in [-0.25, -0.2) is 0 Å². The maximum absolute atomic E-state index is 11.9. The van der Waals surface area contributed by atoms with Crippen molar-refractivity contribution in [3.05, 3.63) is 35.4 Å². The molecule has 2 amide bonds. The Morgan fingerprint density at radius 3 is 2.57 bits per heavy atom. The van der Waals surface area contributed by atoms with E-state index < -0.39 is 11.8 Å². The van der Waals surface area contributed by atoms with Crippen molar-refractivity contribution in [2.24, 2.45) is 5.92 Å². The van der Waals surface area contributed by atoms with Gasteiger partial charge in [-0.2, -0.15) is 0 Å². The largest absolute Gasteiger partial charge is 0.345 e. The van der Waals surface area contributed by atoms with Gasteiger partial charge in [0.15, 0.2) is 0 Å². The third kappa shape index (κ3) is 4.31. The van der Waals surface area contributed by atoms with Crippen molar-refractivity contribution in [3.63, 3.8) is 0 Å². The van der Waals surface area contributed by atoms with E-state index in [9.17, 15) is 9.59 Å². The van der Waals surface area contributed by atoms with E-state index in [1.54, 1.807) is 0 Å². The van der Waals surface area contributed by atoms with E-state index in [-0.39, 0.29) is 6.04 Å². The Morgan fingerprint density at radius 2 is 1.86 bits per heavy atom. The van der Waals surface area contributed by atoms with Gasteiger partial charge in [0.1, 0.15) is 0 Å². The summed E-state index contributed by atoms with van der Waals surface area (Å²) in [4.78, 5) is 23.8. The zero-order valence-electron chi connectivity index (χ0n) is 12.8. The standard InChI is InChI=1S/C17H24N2O2/c1-12-7-3-5-9-14(12)11-18-16(20)17(21)19-15-10-6-4-8-13(15)2/h3,5,7,9,13,15H,4,6,8,10-11H2,1-2H3,(H,18,20)(H,19,21)/t13-,15+/m1/s1. The van der Waals surface area contributed by atoms with Crippen LogP contribution in [0.25, 0.3) is 0 Å². The van der Waals surface area contributed by atoms with Crippen LogP contribution in [0.1, 0.15) is 43.7 Å². The van der Waals surface area contributed by atoms with Crippen molar-refractivity contribution in [2.45, 2.75) is 52.1 Å². The Labute approximate surface area is 126 Å². The van der Waals surface area contributed by atoms with Crippen molar-refractivity contribution < 1.29 is 9.59 Å². The van der Waals surface area contributed by atoms with Crippen LogP contribution in [0, 0.1) is 12.8 Å². The van der Waals surface area contributed by atoms with Crippen molar-refractivity contribution >= 4 is 11.8 Å². The molecule has 1 aliphatic carbocycles. The molecule has 0 aliphatic heterocycles. The molecule has 1 aromatic carbocycles. The molecule has 4 nitrogen and oxygen atoms in total. The summed E-state index contributed by atoms with van der Waals surface area (Å²) in [7, 11) is 0. The van der Waals surface area contributed by atoms with E-state index in [0.29, 0.717) is 12.5 Å². The third-order valence-electron chi connectivity index (χ3n) is 4.33. The predicted molar refractivity (Wildman–Crippen MR) is 82.6 cm³/mol. The summed E-state index contributed by atoms with van der Waals surface area (Å²) >= 11 is 0. The monoisotopic (exact) mass is 288 g/mol. The molecule has 0 bridgehead atoms. The van der Waals surface area contributed by atoms with E-state index in [1.807, 2.05) is 31.2 Å². The Balaban J connectivity index is 1.82. The van der Waals surface area contributed by atoms with Crippen LogP contribution in [0.15, 0.2) is 24.3 Å². The van der Waals surface area contributed by atoms with Crippen LogP contribution in [-0.2, 0) is 16.1 Å². The van der Waals surface area contributed by atoms with E-state index in [0.717, 1.165) is 30.4 Å². The normalized spacial score (nSPS) is 21.6. The Morgan fingerprint density at radius 1 is 1.14 bits per heavy atom. The fourth-order valence-electron chi connectivity index (χ4n) is 2.83. The lowest BCUT2D eigenvalue weighted by atomic mass is 9.86. The number of amides is 2. The zero-order valence-corrected chi connectivity index (χ0v) is 12.8. The minimum atomic E-state index is -0.545. The molecule has 0 unspecified atom stereocenters. The molecular weight excluding hydrogens is 264 g/mol. The van der Waals surface area contributed by atoms with Crippen molar-refractivity contribution in [1.29, 1.82) is 0 Å². The highest BCUT2D eigenvalue weighted by Crippen LogP contribution is 2.23. The molecule has 21 heavy (non-hydrogen) atoms. The number of benzene rings is 1. The molecule has 2 rings (SSSR count). The molecule has 0 spiro atoms. The van der Waals surface area contributed by atoms with Crippen molar-refractivity contribution in [1.82, 2.24) is 10.6 Å². The van der Waals surface area contributed by atoms with Gasteiger partial charge >= 0.3 is 11.8 Å². The second-order valence-corrected chi connectivity index (χ2v) is 5.95. The fraction of sp³-hybridized carbons (Fsp3) is 0.529. The van der Waals surface area contributed by atoms with Gasteiger partial charge in [0, 0.05) is 12.6 Å². The molecule has 1 aliphatic rings. The molecular formula is C17H24N2O2. The minimum absolute atomic E-state index is 0.135. The van der Waals surface area contributed by atoms with E-state index in [2.05, 4.69) is 17.6 Å². The van der Waals surface area contributed by atoms with Crippen LogP contribution in [0.4, 0.5) is 0 Å². The molecule has 1 saturated carbocycles. The zero-order chi connectivity index (χ0) is 15.2. The number of aryl methyl sites for hydroxylation is 1. The average molecular weight is 288 g/mol. The number of hydrogen-bond donors (Lipinski definition) is 2. The first-order chi connectivity index (χ1) is 10.1. The second-order valence-electron chi connectivity index (χ2n) is 5.95. The Bertz CT molecular complexity index is 513. The molecule has 2 N–H and O–H groups in total. The van der Waals surface area contributed by atoms with Crippen LogP contribution in [-0.4, -0.2) is 17.9 Å². The van der Waals surface area contributed by atoms with Crippen LogP contribution in [0.5, 0.6) is 0 Å². The minimum Gasteiger partial charge on any atom is -0.345 e. The third-order valence-corrected chi connectivity index (χ3v) is 4.33. The molecule has 114 valence electrons. The van der Waals surface area contributed by atoms with Crippen LogP contribution < -0.4 is 10.6 Å². The summed E-state index contributed by atoms with van der Waals surface area (Å²) in [6.45, 7) is 4.51. The lowest BCUT2D eigenvalue weighted by molar-refractivity contribution is -0.140. The molecule has 1 fully saturated rings. The van der Waals surface area contributed by atoms with Crippen LogP contribution >= 0.6 is 0 Å². The van der Waals surface area contributed by atoms with E-state index >= 15 is 0 Å². The summed E-state index contributed by atoms with van der Waals surface area (Å²) in [5, 5.41) is 5.56. The van der Waals surface area contributed by atoms with E-state index in [1.165, 1.54) is 6.42 Å². The van der Waals surface area contributed by atoms with Crippen molar-refractivity contribution in [2.75, 3.05) is 0 Å². The van der Waals surface area contributed by atoms with Gasteiger partial charge in [-0.3, -0.25) is 9.59 Å². The first kappa shape index (κ1) is 15.5. The molecule has 1 aromatic rings. The van der Waals surface area contributed by atoms with Gasteiger partial charge in [0.05, 0.1) is 0 Å². The highest BCUT2D eigenvalue weighted by atomic mass is 16.2. The Kier molecular flexibility index (Phi) is 5.37. The number of carbonyl (C=O) groups excluding carboxylic acids is 2.